The van der Waals surface area contributed by atoms with Gasteiger partial charge in [-0.05, 0) is 36.8 Å². The Bertz CT molecular complexity index is 555. The fourth-order valence-corrected chi connectivity index (χ4v) is 1.94. The molecule has 7 nitrogen and oxygen atoms in total. The van der Waals surface area contributed by atoms with E-state index in [9.17, 15) is 9.90 Å². The third-order valence-corrected chi connectivity index (χ3v) is 2.96. The van der Waals surface area contributed by atoms with Crippen LogP contribution in [0.1, 0.15) is 36.1 Å². The van der Waals surface area contributed by atoms with Crippen molar-refractivity contribution < 1.29 is 9.90 Å². The van der Waals surface area contributed by atoms with Crippen LogP contribution < -0.4 is 0 Å². The van der Waals surface area contributed by atoms with Crippen molar-refractivity contribution in [3.8, 4) is 5.75 Å². The fraction of sp³-hybridized carbons (Fsp3) is 0.333. The van der Waals surface area contributed by atoms with Crippen molar-refractivity contribution in [3.05, 3.63) is 35.7 Å². The van der Waals surface area contributed by atoms with E-state index in [1.54, 1.807) is 23.1 Å². The monoisotopic (exact) mass is 261 g/mol. The molecule has 2 N–H and O–H groups in total. The van der Waals surface area contributed by atoms with Gasteiger partial charge in [0.15, 0.2) is 0 Å². The van der Waals surface area contributed by atoms with Crippen LogP contribution >= 0.6 is 0 Å². The highest BCUT2D eigenvalue weighted by Gasteiger charge is 2.24. The molecule has 1 unspecified atom stereocenters. The first-order chi connectivity index (χ1) is 9.13. The van der Waals surface area contributed by atoms with Gasteiger partial charge in [0.25, 0.3) is 11.7 Å². The molecule has 2 rings (SSSR count). The number of rotatable bonds is 4. The van der Waals surface area contributed by atoms with Crippen LogP contribution in [0, 0.1) is 0 Å². The number of nitrogens with one attached hydrogen (secondary N) is 1. The number of phenolic OH excluding ortho intramolecular Hbond substituents is 1. The van der Waals surface area contributed by atoms with Crippen LogP contribution in [0.5, 0.6) is 5.75 Å². The summed E-state index contributed by atoms with van der Waals surface area (Å²) in [6.45, 7) is 4.26. The van der Waals surface area contributed by atoms with Crippen molar-refractivity contribution in [1.82, 2.24) is 25.5 Å². The van der Waals surface area contributed by atoms with E-state index in [2.05, 4.69) is 20.6 Å². The molecule has 100 valence electrons. The average molecular weight is 261 g/mol. The lowest BCUT2D eigenvalue weighted by molar-refractivity contribution is 0.0689. The summed E-state index contributed by atoms with van der Waals surface area (Å²) in [6, 6.07) is 6.64. The molecule has 0 radical (unpaired) electrons. The molecule has 1 heterocycles. The zero-order valence-electron chi connectivity index (χ0n) is 10.7. The van der Waals surface area contributed by atoms with Crippen LogP contribution in [0.15, 0.2) is 24.3 Å². The zero-order valence-corrected chi connectivity index (χ0v) is 10.7. The van der Waals surface area contributed by atoms with Crippen molar-refractivity contribution in [2.24, 2.45) is 0 Å². The number of aromatic hydroxyl groups is 1. The Morgan fingerprint density at radius 2 is 2.32 bits per heavy atom. The van der Waals surface area contributed by atoms with Gasteiger partial charge in [0.1, 0.15) is 5.75 Å². The topological polar surface area (TPSA) is 95.0 Å². The van der Waals surface area contributed by atoms with Crippen molar-refractivity contribution in [3.63, 3.8) is 0 Å². The summed E-state index contributed by atoms with van der Waals surface area (Å²) in [7, 11) is 0. The standard InChI is InChI=1S/C12H15N5O2/c1-3-17(12(19)11-13-15-16-14-11)8(2)9-5-4-6-10(18)7-9/h4-8,18H,3H2,1-2H3,(H,13,14,15,16). The maximum absolute atomic E-state index is 12.2. The highest BCUT2D eigenvalue weighted by atomic mass is 16.3. The van der Waals surface area contributed by atoms with E-state index >= 15 is 0 Å². The molecule has 0 spiro atoms. The van der Waals surface area contributed by atoms with Crippen LogP contribution in [-0.2, 0) is 0 Å². The molecule has 1 amide bonds. The lowest BCUT2D eigenvalue weighted by Crippen LogP contribution is -2.34. The number of phenols is 1. The first-order valence-corrected chi connectivity index (χ1v) is 5.96. The van der Waals surface area contributed by atoms with Crippen molar-refractivity contribution in [1.29, 1.82) is 0 Å². The number of carbonyl (C=O) groups is 1. The van der Waals surface area contributed by atoms with Gasteiger partial charge in [-0.15, -0.1) is 10.2 Å². The van der Waals surface area contributed by atoms with E-state index in [0.717, 1.165) is 5.56 Å². The number of H-pyrrole nitrogens is 1. The number of hydrogen-bond acceptors (Lipinski definition) is 5. The molecule has 1 aromatic carbocycles. The first kappa shape index (κ1) is 13.0. The minimum atomic E-state index is -0.299. The SMILES string of the molecule is CCN(C(=O)c1nn[nH]n1)C(C)c1cccc(O)c1. The molecule has 0 saturated heterocycles. The minimum absolute atomic E-state index is 0.0360. The summed E-state index contributed by atoms with van der Waals surface area (Å²) in [4.78, 5) is 13.8. The number of benzene rings is 1. The Balaban J connectivity index is 2.24. The molecular weight excluding hydrogens is 246 g/mol. The molecule has 1 aromatic heterocycles. The first-order valence-electron chi connectivity index (χ1n) is 5.96. The third kappa shape index (κ3) is 2.70. The minimum Gasteiger partial charge on any atom is -0.508 e. The second-order valence-electron chi connectivity index (χ2n) is 4.10. The summed E-state index contributed by atoms with van der Waals surface area (Å²) in [6.07, 6.45) is 0. The summed E-state index contributed by atoms with van der Waals surface area (Å²) in [5.74, 6) is -0.0895. The normalized spacial score (nSPS) is 12.1. The second-order valence-corrected chi connectivity index (χ2v) is 4.10. The molecule has 7 heteroatoms. The Kier molecular flexibility index (Phi) is 3.74. The molecule has 0 saturated carbocycles. The molecule has 0 fully saturated rings. The van der Waals surface area contributed by atoms with Gasteiger partial charge >= 0.3 is 0 Å². The van der Waals surface area contributed by atoms with Crippen LogP contribution in [0.25, 0.3) is 0 Å². The number of aromatic nitrogens is 4. The molecule has 0 aliphatic rings. The van der Waals surface area contributed by atoms with E-state index in [0.29, 0.717) is 6.54 Å². The van der Waals surface area contributed by atoms with Crippen LogP contribution in [0.4, 0.5) is 0 Å². The van der Waals surface area contributed by atoms with Gasteiger partial charge < -0.3 is 10.0 Å². The molecule has 0 bridgehead atoms. The highest BCUT2D eigenvalue weighted by molar-refractivity contribution is 5.90. The van der Waals surface area contributed by atoms with Gasteiger partial charge in [-0.1, -0.05) is 12.1 Å². The molecule has 1 atom stereocenters. The van der Waals surface area contributed by atoms with E-state index in [1.807, 2.05) is 19.9 Å². The zero-order chi connectivity index (χ0) is 13.8. The number of hydrogen-bond donors (Lipinski definition) is 2. The van der Waals surface area contributed by atoms with Crippen LogP contribution in [0.3, 0.4) is 0 Å². The smallest absolute Gasteiger partial charge is 0.295 e. The van der Waals surface area contributed by atoms with Gasteiger partial charge in [-0.2, -0.15) is 5.21 Å². The maximum atomic E-state index is 12.2. The summed E-state index contributed by atoms with van der Waals surface area (Å²) >= 11 is 0. The van der Waals surface area contributed by atoms with Gasteiger partial charge in [-0.25, -0.2) is 0 Å². The molecular formula is C12H15N5O2. The lowest BCUT2D eigenvalue weighted by atomic mass is 10.1. The Hall–Kier alpha value is -2.44. The van der Waals surface area contributed by atoms with Crippen molar-refractivity contribution >= 4 is 5.91 Å². The molecule has 2 aromatic rings. The predicted molar refractivity (Wildman–Crippen MR) is 67.4 cm³/mol. The maximum Gasteiger partial charge on any atom is 0.295 e. The Morgan fingerprint density at radius 3 is 2.89 bits per heavy atom. The Labute approximate surface area is 110 Å². The molecule has 0 aliphatic heterocycles. The van der Waals surface area contributed by atoms with E-state index in [-0.39, 0.29) is 23.5 Å². The summed E-state index contributed by atoms with van der Waals surface area (Å²) in [5.41, 5.74) is 0.846. The van der Waals surface area contributed by atoms with Crippen molar-refractivity contribution in [2.45, 2.75) is 19.9 Å². The molecule has 0 aliphatic carbocycles. The largest absolute Gasteiger partial charge is 0.508 e. The van der Waals surface area contributed by atoms with Crippen LogP contribution in [-0.4, -0.2) is 43.1 Å². The van der Waals surface area contributed by atoms with Gasteiger partial charge in [-0.3, -0.25) is 4.79 Å². The number of nitrogens with zero attached hydrogens (tertiary/aromatic N) is 4. The fourth-order valence-electron chi connectivity index (χ4n) is 1.94. The predicted octanol–water partition coefficient (Wildman–Crippen LogP) is 1.13. The highest BCUT2D eigenvalue weighted by Crippen LogP contribution is 2.24. The van der Waals surface area contributed by atoms with Gasteiger partial charge in [0.05, 0.1) is 6.04 Å². The third-order valence-electron chi connectivity index (χ3n) is 2.96. The quantitative estimate of drug-likeness (QED) is 0.860. The molecule has 19 heavy (non-hydrogen) atoms. The van der Waals surface area contributed by atoms with E-state index in [1.165, 1.54) is 0 Å². The number of carbonyl (C=O) groups excluding carboxylic acids is 1. The Morgan fingerprint density at radius 1 is 1.53 bits per heavy atom. The second kappa shape index (κ2) is 5.47. The number of tetrazole rings is 1. The number of amides is 1. The lowest BCUT2D eigenvalue weighted by Gasteiger charge is -2.27. The summed E-state index contributed by atoms with van der Waals surface area (Å²) in [5, 5.41) is 22.5. The van der Waals surface area contributed by atoms with Crippen LogP contribution in [0.2, 0.25) is 0 Å². The van der Waals surface area contributed by atoms with Gasteiger partial charge in [0.2, 0.25) is 0 Å². The van der Waals surface area contributed by atoms with Crippen molar-refractivity contribution in [2.75, 3.05) is 6.54 Å². The van der Waals surface area contributed by atoms with E-state index in [4.69, 9.17) is 0 Å². The number of aromatic amines is 1. The average Bonchev–Trinajstić information content (AvgIpc) is 2.93. The van der Waals surface area contributed by atoms with Gasteiger partial charge in [0, 0.05) is 6.54 Å². The van der Waals surface area contributed by atoms with E-state index < -0.39 is 0 Å². The summed E-state index contributed by atoms with van der Waals surface area (Å²) < 4.78 is 0.